The molecule has 1 heterocycles. The first-order valence-corrected chi connectivity index (χ1v) is 8.21. The van der Waals surface area contributed by atoms with Gasteiger partial charge in [0, 0.05) is 44.8 Å². The van der Waals surface area contributed by atoms with Crippen molar-refractivity contribution in [2.75, 3.05) is 32.7 Å². The second kappa shape index (κ2) is 8.04. The maximum Gasteiger partial charge on any atom is 0.127 e. The Morgan fingerprint density at radius 1 is 0.826 bits per heavy atom. The van der Waals surface area contributed by atoms with E-state index in [1.54, 1.807) is 12.1 Å². The van der Waals surface area contributed by atoms with Crippen LogP contribution in [0.4, 0.5) is 4.39 Å². The van der Waals surface area contributed by atoms with E-state index >= 15 is 0 Å². The van der Waals surface area contributed by atoms with Crippen molar-refractivity contribution < 1.29 is 4.39 Å². The second-order valence-electron chi connectivity index (χ2n) is 5.98. The lowest BCUT2D eigenvalue weighted by molar-refractivity contribution is 0.136. The van der Waals surface area contributed by atoms with Gasteiger partial charge in [-0.1, -0.05) is 60.7 Å². The van der Waals surface area contributed by atoms with E-state index in [2.05, 4.69) is 46.2 Å². The molecule has 0 amide bonds. The standard InChI is InChI=1S/C20H23FN2/c21-20-11-5-4-10-19(20)17-23-15-13-22(14-16-23)12-6-9-18-7-2-1-3-8-18/h1-11H,12-17H2. The molecular formula is C20H23FN2. The van der Waals surface area contributed by atoms with E-state index in [-0.39, 0.29) is 5.82 Å². The van der Waals surface area contributed by atoms with Crippen LogP contribution < -0.4 is 0 Å². The van der Waals surface area contributed by atoms with E-state index in [9.17, 15) is 4.39 Å². The minimum absolute atomic E-state index is 0.0966. The molecule has 1 aliphatic rings. The van der Waals surface area contributed by atoms with Gasteiger partial charge in [-0.05, 0) is 11.6 Å². The first kappa shape index (κ1) is 15.9. The number of nitrogens with zero attached hydrogens (tertiary/aromatic N) is 2. The summed E-state index contributed by atoms with van der Waals surface area (Å²) in [5, 5.41) is 0. The van der Waals surface area contributed by atoms with Crippen molar-refractivity contribution in [3.63, 3.8) is 0 Å². The third-order valence-corrected chi connectivity index (χ3v) is 4.29. The molecule has 0 atom stereocenters. The number of halogens is 1. The quantitative estimate of drug-likeness (QED) is 0.831. The Hall–Kier alpha value is -1.97. The molecule has 120 valence electrons. The summed E-state index contributed by atoms with van der Waals surface area (Å²) in [4.78, 5) is 4.77. The van der Waals surface area contributed by atoms with Crippen molar-refractivity contribution in [1.29, 1.82) is 0 Å². The number of hydrogen-bond donors (Lipinski definition) is 0. The maximum absolute atomic E-state index is 13.7. The largest absolute Gasteiger partial charge is 0.297 e. The molecular weight excluding hydrogens is 287 g/mol. The van der Waals surface area contributed by atoms with Crippen LogP contribution in [-0.2, 0) is 6.54 Å². The van der Waals surface area contributed by atoms with Crippen LogP contribution in [0.2, 0.25) is 0 Å². The monoisotopic (exact) mass is 310 g/mol. The van der Waals surface area contributed by atoms with Crippen LogP contribution in [0, 0.1) is 5.82 Å². The van der Waals surface area contributed by atoms with Gasteiger partial charge < -0.3 is 0 Å². The lowest BCUT2D eigenvalue weighted by atomic mass is 10.2. The molecule has 1 fully saturated rings. The summed E-state index contributed by atoms with van der Waals surface area (Å²) in [7, 11) is 0. The molecule has 1 aliphatic heterocycles. The number of hydrogen-bond acceptors (Lipinski definition) is 2. The molecule has 2 nitrogen and oxygen atoms in total. The molecule has 2 aromatic rings. The molecule has 0 N–H and O–H groups in total. The smallest absolute Gasteiger partial charge is 0.127 e. The highest BCUT2D eigenvalue weighted by atomic mass is 19.1. The van der Waals surface area contributed by atoms with Crippen molar-refractivity contribution in [2.24, 2.45) is 0 Å². The first-order chi connectivity index (χ1) is 11.3. The Bertz CT molecular complexity index is 631. The highest BCUT2D eigenvalue weighted by Crippen LogP contribution is 2.12. The Morgan fingerprint density at radius 2 is 1.48 bits per heavy atom. The third kappa shape index (κ3) is 4.75. The predicted octanol–water partition coefficient (Wildman–Crippen LogP) is 3.66. The Kier molecular flexibility index (Phi) is 5.56. The van der Waals surface area contributed by atoms with Crippen LogP contribution in [-0.4, -0.2) is 42.5 Å². The van der Waals surface area contributed by atoms with Gasteiger partial charge in [0.25, 0.3) is 0 Å². The van der Waals surface area contributed by atoms with Crippen LogP contribution in [0.1, 0.15) is 11.1 Å². The van der Waals surface area contributed by atoms with Crippen molar-refractivity contribution in [2.45, 2.75) is 6.54 Å². The summed E-state index contributed by atoms with van der Waals surface area (Å²) >= 11 is 0. The Balaban J connectivity index is 1.44. The molecule has 0 aliphatic carbocycles. The van der Waals surface area contributed by atoms with E-state index in [0.717, 1.165) is 38.3 Å². The molecule has 1 saturated heterocycles. The summed E-state index contributed by atoms with van der Waals surface area (Å²) in [5.74, 6) is -0.0966. The van der Waals surface area contributed by atoms with Gasteiger partial charge in [0.15, 0.2) is 0 Å². The number of benzene rings is 2. The zero-order valence-corrected chi connectivity index (χ0v) is 13.4. The summed E-state index contributed by atoms with van der Waals surface area (Å²) in [6.45, 7) is 5.74. The van der Waals surface area contributed by atoms with Gasteiger partial charge in [-0.15, -0.1) is 0 Å². The topological polar surface area (TPSA) is 6.48 Å². The summed E-state index contributed by atoms with van der Waals surface area (Å²) < 4.78 is 13.7. The van der Waals surface area contributed by atoms with Gasteiger partial charge in [-0.2, -0.15) is 0 Å². The lowest BCUT2D eigenvalue weighted by Crippen LogP contribution is -2.45. The summed E-state index contributed by atoms with van der Waals surface area (Å²) in [5.41, 5.74) is 2.04. The second-order valence-corrected chi connectivity index (χ2v) is 5.98. The van der Waals surface area contributed by atoms with Crippen LogP contribution in [0.3, 0.4) is 0 Å². The van der Waals surface area contributed by atoms with Crippen LogP contribution in [0.5, 0.6) is 0 Å². The van der Waals surface area contributed by atoms with E-state index in [1.807, 2.05) is 18.2 Å². The Labute approximate surface area is 137 Å². The van der Waals surface area contributed by atoms with Gasteiger partial charge in [-0.25, -0.2) is 4.39 Å². The number of piperazine rings is 1. The maximum atomic E-state index is 13.7. The third-order valence-electron chi connectivity index (χ3n) is 4.29. The fourth-order valence-electron chi connectivity index (χ4n) is 2.90. The minimum Gasteiger partial charge on any atom is -0.297 e. The van der Waals surface area contributed by atoms with Crippen molar-refractivity contribution in [1.82, 2.24) is 9.80 Å². The van der Waals surface area contributed by atoms with Gasteiger partial charge in [-0.3, -0.25) is 9.80 Å². The SMILES string of the molecule is Fc1ccccc1CN1CCN(CC=Cc2ccccc2)CC1. The van der Waals surface area contributed by atoms with Crippen LogP contribution in [0.15, 0.2) is 60.7 Å². The highest BCUT2D eigenvalue weighted by Gasteiger charge is 2.16. The predicted molar refractivity (Wildman–Crippen MR) is 93.6 cm³/mol. The highest BCUT2D eigenvalue weighted by molar-refractivity contribution is 5.48. The molecule has 2 aromatic carbocycles. The fourth-order valence-corrected chi connectivity index (χ4v) is 2.90. The molecule has 0 aromatic heterocycles. The van der Waals surface area contributed by atoms with E-state index in [1.165, 1.54) is 5.56 Å². The van der Waals surface area contributed by atoms with Gasteiger partial charge in [0.05, 0.1) is 0 Å². The summed E-state index contributed by atoms with van der Waals surface area (Å²) in [6.07, 6.45) is 4.40. The normalized spacial score (nSPS) is 16.9. The van der Waals surface area contributed by atoms with E-state index < -0.39 is 0 Å². The van der Waals surface area contributed by atoms with Crippen molar-refractivity contribution >= 4 is 6.08 Å². The van der Waals surface area contributed by atoms with Crippen LogP contribution in [0.25, 0.3) is 6.08 Å². The van der Waals surface area contributed by atoms with E-state index in [4.69, 9.17) is 0 Å². The molecule has 0 radical (unpaired) electrons. The summed E-state index contributed by atoms with van der Waals surface area (Å²) in [6, 6.07) is 17.4. The minimum atomic E-state index is -0.0966. The average Bonchev–Trinajstić information content (AvgIpc) is 2.59. The van der Waals surface area contributed by atoms with E-state index in [0.29, 0.717) is 6.54 Å². The van der Waals surface area contributed by atoms with Crippen LogP contribution >= 0.6 is 0 Å². The zero-order valence-electron chi connectivity index (χ0n) is 13.4. The fraction of sp³-hybridized carbons (Fsp3) is 0.300. The molecule has 0 bridgehead atoms. The van der Waals surface area contributed by atoms with Gasteiger partial charge in [0.1, 0.15) is 5.82 Å². The van der Waals surface area contributed by atoms with Gasteiger partial charge in [0.2, 0.25) is 0 Å². The molecule has 0 saturated carbocycles. The molecule has 0 unspecified atom stereocenters. The molecule has 23 heavy (non-hydrogen) atoms. The van der Waals surface area contributed by atoms with Crippen molar-refractivity contribution in [3.05, 3.63) is 77.6 Å². The van der Waals surface area contributed by atoms with Gasteiger partial charge >= 0.3 is 0 Å². The molecule has 3 heteroatoms. The lowest BCUT2D eigenvalue weighted by Gasteiger charge is -2.34. The first-order valence-electron chi connectivity index (χ1n) is 8.21. The number of rotatable bonds is 5. The van der Waals surface area contributed by atoms with Crippen molar-refractivity contribution in [3.8, 4) is 0 Å². The zero-order chi connectivity index (χ0) is 15.9. The Morgan fingerprint density at radius 3 is 2.22 bits per heavy atom. The molecule has 3 rings (SSSR count). The molecule has 0 spiro atoms. The average molecular weight is 310 g/mol.